The number of carbonyl (C=O) groups is 3. The van der Waals surface area contributed by atoms with Crippen LogP contribution in [0, 0.1) is 16.7 Å². The van der Waals surface area contributed by atoms with Crippen LogP contribution in [0.2, 0.25) is 0 Å². The zero-order valence-electron chi connectivity index (χ0n) is 21.3. The molecule has 4 atom stereocenters. The fourth-order valence-corrected chi connectivity index (χ4v) is 4.42. The highest BCUT2D eigenvalue weighted by Crippen LogP contribution is 2.45. The molecule has 0 saturated carbocycles. The fraction of sp³-hybridized carbons (Fsp3) is 0.519. The molecule has 3 rings (SSSR count). The van der Waals surface area contributed by atoms with Crippen molar-refractivity contribution in [1.82, 2.24) is 10.8 Å². The van der Waals surface area contributed by atoms with Gasteiger partial charge in [0.15, 0.2) is 6.10 Å². The van der Waals surface area contributed by atoms with Crippen molar-refractivity contribution in [1.29, 1.82) is 0 Å². The van der Waals surface area contributed by atoms with Crippen molar-refractivity contribution >= 4 is 28.6 Å². The lowest BCUT2D eigenvalue weighted by Crippen LogP contribution is -2.57. The number of amides is 2. The van der Waals surface area contributed by atoms with Crippen molar-refractivity contribution in [3.63, 3.8) is 0 Å². The van der Waals surface area contributed by atoms with Gasteiger partial charge in [-0.2, -0.15) is 0 Å². The maximum absolute atomic E-state index is 13.7. The fourth-order valence-electron chi connectivity index (χ4n) is 4.42. The molecule has 1 fully saturated rings. The van der Waals surface area contributed by atoms with Crippen LogP contribution in [0.5, 0.6) is 0 Å². The van der Waals surface area contributed by atoms with Gasteiger partial charge in [0.2, 0.25) is 5.91 Å². The molecule has 0 radical (unpaired) electrons. The summed E-state index contributed by atoms with van der Waals surface area (Å²) >= 11 is 0. The van der Waals surface area contributed by atoms with Crippen LogP contribution >= 0.6 is 0 Å². The molecule has 2 aromatic carbocycles. The summed E-state index contributed by atoms with van der Waals surface area (Å²) in [7, 11) is 0. The smallest absolute Gasteiger partial charge is 0.329 e. The number of benzene rings is 2. The maximum atomic E-state index is 13.7. The second-order valence-corrected chi connectivity index (χ2v) is 10.8. The molecule has 1 saturated heterocycles. The van der Waals surface area contributed by atoms with Gasteiger partial charge in [0, 0.05) is 5.41 Å². The van der Waals surface area contributed by atoms with Crippen LogP contribution in [0.1, 0.15) is 47.1 Å². The minimum absolute atomic E-state index is 0.162. The zero-order chi connectivity index (χ0) is 26.0. The van der Waals surface area contributed by atoms with Gasteiger partial charge in [-0.1, -0.05) is 70.2 Å². The predicted octanol–water partition coefficient (Wildman–Crippen LogP) is 3.39. The van der Waals surface area contributed by atoms with E-state index in [1.54, 1.807) is 19.3 Å². The van der Waals surface area contributed by atoms with Gasteiger partial charge in [0.05, 0.1) is 18.6 Å². The standard InChI is InChI=1S/C27H36N2O6/c1-16(2)35-21(24(31)29-33)20(14-17-11-12-18-9-7-8-10-19(18)13-17)23(30)28-22-25(32)34-15-27(22,6)26(3,4)5/h7-13,16,20-22,33H,14-15H2,1-6H3,(H,28,30)(H,29,31)/t20?,21?,22-,27?/m1/s1. The SMILES string of the molecule is CC(C)OC(C(=O)NO)C(Cc1ccc2ccccc2c1)C(=O)N[C@@H]1C(=O)OCC1(C)C(C)(C)C. The maximum Gasteiger partial charge on any atom is 0.329 e. The minimum atomic E-state index is -1.27. The van der Waals surface area contributed by atoms with Gasteiger partial charge >= 0.3 is 5.97 Å². The third kappa shape index (κ3) is 5.65. The Morgan fingerprint density at radius 1 is 1.14 bits per heavy atom. The molecule has 0 spiro atoms. The molecular weight excluding hydrogens is 448 g/mol. The molecule has 2 amide bonds. The second-order valence-electron chi connectivity index (χ2n) is 10.8. The summed E-state index contributed by atoms with van der Waals surface area (Å²) in [5.41, 5.74) is 1.45. The molecule has 0 bridgehead atoms. The van der Waals surface area contributed by atoms with Crippen molar-refractivity contribution in [2.24, 2.45) is 16.7 Å². The van der Waals surface area contributed by atoms with Gasteiger partial charge in [-0.05, 0) is 42.0 Å². The van der Waals surface area contributed by atoms with Gasteiger partial charge in [0.1, 0.15) is 6.04 Å². The average molecular weight is 485 g/mol. The van der Waals surface area contributed by atoms with Crippen LogP contribution in [0.4, 0.5) is 0 Å². The van der Waals surface area contributed by atoms with E-state index in [4.69, 9.17) is 9.47 Å². The third-order valence-corrected chi connectivity index (χ3v) is 7.15. The molecule has 1 aliphatic heterocycles. The lowest BCUT2D eigenvalue weighted by Gasteiger charge is -2.40. The normalized spacial score (nSPS) is 22.1. The van der Waals surface area contributed by atoms with E-state index in [0.29, 0.717) is 0 Å². The van der Waals surface area contributed by atoms with E-state index in [9.17, 15) is 19.6 Å². The second kappa shape index (κ2) is 10.3. The van der Waals surface area contributed by atoms with Crippen molar-refractivity contribution in [2.75, 3.05) is 6.61 Å². The number of cyclic esters (lactones) is 1. The Balaban J connectivity index is 1.98. The van der Waals surface area contributed by atoms with E-state index in [0.717, 1.165) is 16.3 Å². The molecule has 1 aliphatic rings. The minimum Gasteiger partial charge on any atom is -0.463 e. The molecule has 3 unspecified atom stereocenters. The van der Waals surface area contributed by atoms with Crippen LogP contribution in [0.25, 0.3) is 10.8 Å². The Labute approximate surface area is 206 Å². The van der Waals surface area contributed by atoms with Crippen LogP contribution in [0.3, 0.4) is 0 Å². The number of ether oxygens (including phenoxy) is 2. The Hall–Kier alpha value is -2.97. The van der Waals surface area contributed by atoms with Gasteiger partial charge in [-0.25, -0.2) is 10.3 Å². The van der Waals surface area contributed by atoms with Gasteiger partial charge in [-0.15, -0.1) is 0 Å². The van der Waals surface area contributed by atoms with E-state index < -0.39 is 41.3 Å². The first-order valence-electron chi connectivity index (χ1n) is 11.9. The van der Waals surface area contributed by atoms with Crippen LogP contribution in [0.15, 0.2) is 42.5 Å². The molecule has 3 N–H and O–H groups in total. The number of esters is 1. The van der Waals surface area contributed by atoms with E-state index in [1.807, 2.05) is 70.2 Å². The molecule has 8 nitrogen and oxygen atoms in total. The average Bonchev–Trinajstić information content (AvgIpc) is 3.10. The highest BCUT2D eigenvalue weighted by molar-refractivity contribution is 5.92. The van der Waals surface area contributed by atoms with E-state index in [2.05, 4.69) is 5.32 Å². The number of hydrogen-bond acceptors (Lipinski definition) is 6. The molecule has 8 heteroatoms. The van der Waals surface area contributed by atoms with E-state index in [1.165, 1.54) is 0 Å². The molecule has 190 valence electrons. The van der Waals surface area contributed by atoms with Crippen molar-refractivity contribution < 1.29 is 29.1 Å². The molecule has 2 aromatic rings. The highest BCUT2D eigenvalue weighted by atomic mass is 16.5. The monoisotopic (exact) mass is 484 g/mol. The molecule has 0 aliphatic carbocycles. The number of nitrogens with one attached hydrogen (secondary N) is 2. The Morgan fingerprint density at radius 3 is 2.40 bits per heavy atom. The largest absolute Gasteiger partial charge is 0.463 e. The summed E-state index contributed by atoms with van der Waals surface area (Å²) in [6, 6.07) is 12.8. The van der Waals surface area contributed by atoms with Gasteiger partial charge in [0.25, 0.3) is 5.91 Å². The first-order valence-corrected chi connectivity index (χ1v) is 11.9. The Bertz CT molecular complexity index is 1090. The Morgan fingerprint density at radius 2 is 1.80 bits per heavy atom. The van der Waals surface area contributed by atoms with Crippen molar-refractivity contribution in [3.05, 3.63) is 48.0 Å². The molecule has 1 heterocycles. The number of hydrogen-bond donors (Lipinski definition) is 3. The third-order valence-electron chi connectivity index (χ3n) is 7.15. The summed E-state index contributed by atoms with van der Waals surface area (Å²) in [4.78, 5) is 39.0. The number of hydroxylamine groups is 1. The quantitative estimate of drug-likeness (QED) is 0.301. The Kier molecular flexibility index (Phi) is 7.87. The first kappa shape index (κ1) is 26.6. The van der Waals surface area contributed by atoms with Crippen molar-refractivity contribution in [2.45, 2.75) is 66.2 Å². The van der Waals surface area contributed by atoms with Gasteiger partial charge in [-0.3, -0.25) is 14.8 Å². The molecule has 35 heavy (non-hydrogen) atoms. The topological polar surface area (TPSA) is 114 Å². The first-order chi connectivity index (χ1) is 16.4. The van der Waals surface area contributed by atoms with E-state index >= 15 is 0 Å². The number of fused-ring (bicyclic) bond motifs is 1. The van der Waals surface area contributed by atoms with Crippen LogP contribution < -0.4 is 10.8 Å². The van der Waals surface area contributed by atoms with Crippen LogP contribution in [-0.2, 0) is 30.3 Å². The summed E-state index contributed by atoms with van der Waals surface area (Å²) in [6.45, 7) is 11.5. The lowest BCUT2D eigenvalue weighted by atomic mass is 9.65. The summed E-state index contributed by atoms with van der Waals surface area (Å²) in [5.74, 6) is -2.87. The summed E-state index contributed by atoms with van der Waals surface area (Å²) < 4.78 is 11.2. The van der Waals surface area contributed by atoms with Gasteiger partial charge < -0.3 is 14.8 Å². The number of carbonyl (C=O) groups excluding carboxylic acids is 3. The van der Waals surface area contributed by atoms with Crippen LogP contribution in [-0.4, -0.2) is 47.8 Å². The zero-order valence-corrected chi connectivity index (χ0v) is 21.3. The lowest BCUT2D eigenvalue weighted by molar-refractivity contribution is -0.155. The summed E-state index contributed by atoms with van der Waals surface area (Å²) in [6.07, 6.45) is -1.50. The molecular formula is C27H36N2O6. The highest BCUT2D eigenvalue weighted by Gasteiger charge is 2.55. The van der Waals surface area contributed by atoms with E-state index in [-0.39, 0.29) is 24.5 Å². The predicted molar refractivity (Wildman–Crippen MR) is 132 cm³/mol. The van der Waals surface area contributed by atoms with Crippen molar-refractivity contribution in [3.8, 4) is 0 Å². The molecule has 0 aromatic heterocycles. The summed E-state index contributed by atoms with van der Waals surface area (Å²) in [5, 5.41) is 14.3. The number of rotatable bonds is 8.